The summed E-state index contributed by atoms with van der Waals surface area (Å²) in [6.45, 7) is 1.68. The number of halogens is 2. The van der Waals surface area contributed by atoms with Gasteiger partial charge < -0.3 is 4.65 Å². The molecule has 0 aliphatic rings. The molecule has 4 rings (SSSR count). The molecule has 1 aromatic heterocycles. The molecule has 0 spiro atoms. The fraction of sp³-hybridized carbons (Fsp3) is 0.0455. The van der Waals surface area contributed by atoms with Gasteiger partial charge in [0.25, 0.3) is 0 Å². The van der Waals surface area contributed by atoms with Gasteiger partial charge in [0.05, 0.1) is 0 Å². The van der Waals surface area contributed by atoms with E-state index < -0.39 is 0 Å². The van der Waals surface area contributed by atoms with Crippen molar-refractivity contribution >= 4 is 51.9 Å². The fourth-order valence-corrected chi connectivity index (χ4v) is 3.30. The molecule has 0 unspecified atom stereocenters. The highest BCUT2D eigenvalue weighted by Crippen LogP contribution is 2.24. The monoisotopic (exact) mass is 391 g/mol. The summed E-state index contributed by atoms with van der Waals surface area (Å²) in [7, 11) is 0. The normalized spacial score (nSPS) is 10.8. The third-order valence-electron chi connectivity index (χ3n) is 4.41. The molecule has 0 radical (unpaired) electrons. The summed E-state index contributed by atoms with van der Waals surface area (Å²) in [5, 5.41) is 2.43. The average Bonchev–Trinajstić information content (AvgIpc) is 2.68. The van der Waals surface area contributed by atoms with Gasteiger partial charge in [0, 0.05) is 21.1 Å². The minimum absolute atomic E-state index is 0.299. The molecular formula is C22H16BCl2NO. The molecule has 5 heteroatoms. The molecule has 0 fully saturated rings. The number of aryl methyl sites for hydroxylation is 1. The van der Waals surface area contributed by atoms with Crippen LogP contribution >= 0.6 is 23.2 Å². The molecule has 0 amide bonds. The van der Waals surface area contributed by atoms with Crippen LogP contribution in [0.1, 0.15) is 5.69 Å². The van der Waals surface area contributed by atoms with Gasteiger partial charge in [-0.05, 0) is 54.2 Å². The summed E-state index contributed by atoms with van der Waals surface area (Å²) in [6, 6.07) is 25.4. The minimum Gasteiger partial charge on any atom is -0.550 e. The first-order valence-corrected chi connectivity index (χ1v) is 9.40. The van der Waals surface area contributed by atoms with Crippen LogP contribution in [0.15, 0.2) is 78.9 Å². The van der Waals surface area contributed by atoms with Crippen LogP contribution < -0.4 is 15.6 Å². The van der Waals surface area contributed by atoms with E-state index in [0.717, 1.165) is 33.3 Å². The van der Waals surface area contributed by atoms with Gasteiger partial charge in [-0.15, -0.1) is 0 Å². The first-order chi connectivity index (χ1) is 13.1. The molecule has 0 saturated carbocycles. The molecular weight excluding hydrogens is 376 g/mol. The summed E-state index contributed by atoms with van der Waals surface area (Å²) in [5.74, 6) is 0.742. The zero-order chi connectivity index (χ0) is 18.8. The predicted octanol–water partition coefficient (Wildman–Crippen LogP) is 5.03. The third-order valence-corrected chi connectivity index (χ3v) is 4.92. The highest BCUT2D eigenvalue weighted by molar-refractivity contribution is 6.80. The molecule has 0 N–H and O–H groups in total. The van der Waals surface area contributed by atoms with E-state index in [1.54, 1.807) is 0 Å². The standard InChI is InChI=1S/C22H16BCl2NO/c1-15-5-6-16-3-2-4-21(22(16)26-15)27-23(17-7-11-19(24)12-8-17)18-9-13-20(25)14-10-18/h2-14H,1H3. The Labute approximate surface area is 168 Å². The predicted molar refractivity (Wildman–Crippen MR) is 115 cm³/mol. The molecule has 0 atom stereocenters. The van der Waals surface area contributed by atoms with E-state index in [0.29, 0.717) is 10.0 Å². The van der Waals surface area contributed by atoms with Gasteiger partial charge in [0.15, 0.2) is 0 Å². The van der Waals surface area contributed by atoms with Gasteiger partial charge >= 0.3 is 6.92 Å². The van der Waals surface area contributed by atoms with Crippen molar-refractivity contribution < 1.29 is 4.65 Å². The largest absolute Gasteiger partial charge is 0.550 e. The van der Waals surface area contributed by atoms with E-state index in [1.165, 1.54) is 0 Å². The number of hydrogen-bond acceptors (Lipinski definition) is 2. The first-order valence-electron chi connectivity index (χ1n) is 8.64. The smallest absolute Gasteiger partial charge is 0.426 e. The zero-order valence-corrected chi connectivity index (χ0v) is 16.2. The van der Waals surface area contributed by atoms with Crippen molar-refractivity contribution in [3.8, 4) is 5.75 Å². The summed E-state index contributed by atoms with van der Waals surface area (Å²) in [4.78, 5) is 4.68. The van der Waals surface area contributed by atoms with Crippen LogP contribution in [0.2, 0.25) is 10.0 Å². The number of pyridine rings is 1. The summed E-state index contributed by atoms with van der Waals surface area (Å²) in [5.41, 5.74) is 3.82. The Bertz CT molecular complexity index is 1040. The number of hydrogen-bond donors (Lipinski definition) is 0. The topological polar surface area (TPSA) is 22.1 Å². The molecule has 0 bridgehead atoms. The maximum atomic E-state index is 6.49. The van der Waals surface area contributed by atoms with E-state index in [-0.39, 0.29) is 6.92 Å². The molecule has 1 heterocycles. The van der Waals surface area contributed by atoms with Crippen molar-refractivity contribution in [2.24, 2.45) is 0 Å². The van der Waals surface area contributed by atoms with Gasteiger partial charge in [-0.2, -0.15) is 0 Å². The van der Waals surface area contributed by atoms with E-state index in [1.807, 2.05) is 79.7 Å². The van der Waals surface area contributed by atoms with E-state index >= 15 is 0 Å². The summed E-state index contributed by atoms with van der Waals surface area (Å²) < 4.78 is 6.49. The molecule has 132 valence electrons. The van der Waals surface area contributed by atoms with Crippen LogP contribution in [0.5, 0.6) is 5.75 Å². The fourth-order valence-electron chi connectivity index (χ4n) is 3.04. The Morgan fingerprint density at radius 2 is 1.33 bits per heavy atom. The Morgan fingerprint density at radius 3 is 1.93 bits per heavy atom. The van der Waals surface area contributed by atoms with Crippen molar-refractivity contribution in [1.82, 2.24) is 4.98 Å². The highest BCUT2D eigenvalue weighted by Gasteiger charge is 2.24. The van der Waals surface area contributed by atoms with Crippen molar-refractivity contribution in [2.75, 3.05) is 0 Å². The van der Waals surface area contributed by atoms with Gasteiger partial charge in [0.2, 0.25) is 0 Å². The summed E-state index contributed by atoms with van der Waals surface area (Å²) in [6.07, 6.45) is 0. The van der Waals surface area contributed by atoms with Crippen LogP contribution in [0.3, 0.4) is 0 Å². The maximum Gasteiger partial charge on any atom is 0.426 e. The Hall–Kier alpha value is -2.49. The molecule has 0 aliphatic carbocycles. The average molecular weight is 392 g/mol. The second-order valence-corrected chi connectivity index (χ2v) is 7.25. The van der Waals surface area contributed by atoms with Gasteiger partial charge in [-0.3, -0.25) is 0 Å². The Morgan fingerprint density at radius 1 is 0.741 bits per heavy atom. The SMILES string of the molecule is Cc1ccc2cccc(OB(c3ccc(Cl)cc3)c3ccc(Cl)cc3)c2n1. The Balaban J connectivity index is 1.81. The van der Waals surface area contributed by atoms with Crippen molar-refractivity contribution in [3.05, 3.63) is 94.6 Å². The third kappa shape index (κ3) is 3.95. The van der Waals surface area contributed by atoms with Gasteiger partial charge in [-0.25, -0.2) is 4.98 Å². The van der Waals surface area contributed by atoms with Crippen LogP contribution in [0, 0.1) is 6.92 Å². The lowest BCUT2D eigenvalue weighted by Gasteiger charge is -2.18. The number of para-hydroxylation sites is 1. The van der Waals surface area contributed by atoms with Crippen LogP contribution in [0.25, 0.3) is 10.9 Å². The lowest BCUT2D eigenvalue weighted by atomic mass is 9.55. The number of nitrogens with zero attached hydrogens (tertiary/aromatic N) is 1. The molecule has 3 aromatic carbocycles. The summed E-state index contributed by atoms with van der Waals surface area (Å²) >= 11 is 12.1. The zero-order valence-electron chi connectivity index (χ0n) is 14.7. The van der Waals surface area contributed by atoms with Crippen LogP contribution in [0.4, 0.5) is 0 Å². The molecule has 2 nitrogen and oxygen atoms in total. The number of rotatable bonds is 4. The molecule has 0 saturated heterocycles. The second-order valence-electron chi connectivity index (χ2n) is 6.38. The molecule has 0 aliphatic heterocycles. The molecule has 4 aromatic rings. The van der Waals surface area contributed by atoms with Crippen LogP contribution in [-0.4, -0.2) is 11.9 Å². The highest BCUT2D eigenvalue weighted by atomic mass is 35.5. The van der Waals surface area contributed by atoms with Crippen molar-refractivity contribution in [1.29, 1.82) is 0 Å². The van der Waals surface area contributed by atoms with E-state index in [2.05, 4.69) is 11.1 Å². The minimum atomic E-state index is -0.299. The Kier molecular flexibility index (Phi) is 5.06. The molecule has 27 heavy (non-hydrogen) atoms. The lowest BCUT2D eigenvalue weighted by molar-refractivity contribution is 0.597. The van der Waals surface area contributed by atoms with Crippen LogP contribution in [-0.2, 0) is 0 Å². The van der Waals surface area contributed by atoms with Crippen molar-refractivity contribution in [3.63, 3.8) is 0 Å². The number of benzene rings is 3. The maximum absolute atomic E-state index is 6.49. The number of aromatic nitrogens is 1. The van der Waals surface area contributed by atoms with Gasteiger partial charge in [0.1, 0.15) is 11.3 Å². The quantitative estimate of drug-likeness (QED) is 0.455. The van der Waals surface area contributed by atoms with E-state index in [4.69, 9.17) is 27.9 Å². The number of fused-ring (bicyclic) bond motifs is 1. The lowest BCUT2D eigenvalue weighted by Crippen LogP contribution is -2.47. The van der Waals surface area contributed by atoms with E-state index in [9.17, 15) is 0 Å². The van der Waals surface area contributed by atoms with Crippen molar-refractivity contribution in [2.45, 2.75) is 6.92 Å². The van der Waals surface area contributed by atoms with Gasteiger partial charge in [-0.1, -0.05) is 65.7 Å². The second kappa shape index (κ2) is 7.63. The first kappa shape index (κ1) is 17.9.